The molecule has 1 fully saturated rings. The Hall–Kier alpha value is -2.84. The van der Waals surface area contributed by atoms with E-state index in [-0.39, 0.29) is 13.0 Å². The molecule has 0 radical (unpaired) electrons. The molecule has 2 aromatic rings. The second-order valence-corrected chi connectivity index (χ2v) is 6.21. The van der Waals surface area contributed by atoms with E-state index >= 15 is 0 Å². The largest absolute Gasteiger partial charge is 0.495 e. The molecule has 1 unspecified atom stereocenters. The van der Waals surface area contributed by atoms with Crippen LogP contribution in [-0.4, -0.2) is 30.6 Å². The molecule has 144 valence electrons. The first-order valence-electron chi connectivity index (χ1n) is 8.25. The van der Waals surface area contributed by atoms with Crippen LogP contribution in [0.5, 0.6) is 5.75 Å². The smallest absolute Gasteiger partial charge is 0.253 e. The standard InChI is InChI=1S/C18H17F4N3O2/c1-9-5-6-12(27-2)10(8-9)23-18(26)11-4-3-7-25(11)15-13(19)16(21)24-17(22)14(15)20/h5-6,8,11H,3-4,7H2,1-2H3,(H,23,26). The number of benzene rings is 1. The first kappa shape index (κ1) is 18.9. The van der Waals surface area contributed by atoms with Crippen LogP contribution in [-0.2, 0) is 4.79 Å². The molecule has 3 rings (SSSR count). The van der Waals surface area contributed by atoms with Gasteiger partial charge >= 0.3 is 0 Å². The number of rotatable bonds is 4. The molecule has 2 heterocycles. The van der Waals surface area contributed by atoms with Crippen molar-refractivity contribution in [2.45, 2.75) is 25.8 Å². The van der Waals surface area contributed by atoms with Gasteiger partial charge in [-0.1, -0.05) is 6.07 Å². The number of aromatic nitrogens is 1. The van der Waals surface area contributed by atoms with E-state index in [4.69, 9.17) is 4.74 Å². The van der Waals surface area contributed by atoms with E-state index < -0.39 is 41.2 Å². The van der Waals surface area contributed by atoms with Crippen LogP contribution in [0.1, 0.15) is 18.4 Å². The van der Waals surface area contributed by atoms with Gasteiger partial charge in [-0.25, -0.2) is 0 Å². The molecule has 0 bridgehead atoms. The normalized spacial score (nSPS) is 16.5. The number of anilines is 2. The van der Waals surface area contributed by atoms with E-state index in [0.29, 0.717) is 17.9 Å². The zero-order chi connectivity index (χ0) is 19.7. The maximum Gasteiger partial charge on any atom is 0.253 e. The third kappa shape index (κ3) is 3.54. The average molecular weight is 383 g/mol. The predicted molar refractivity (Wildman–Crippen MR) is 90.8 cm³/mol. The van der Waals surface area contributed by atoms with Crippen molar-refractivity contribution in [2.75, 3.05) is 23.9 Å². The molecule has 1 aromatic heterocycles. The molecule has 1 aliphatic rings. The lowest BCUT2D eigenvalue weighted by Crippen LogP contribution is -2.41. The van der Waals surface area contributed by atoms with Gasteiger partial charge in [-0.15, -0.1) is 0 Å². The summed E-state index contributed by atoms with van der Waals surface area (Å²) in [7, 11) is 1.44. The van der Waals surface area contributed by atoms with Crippen LogP contribution >= 0.6 is 0 Å². The number of hydrogen-bond donors (Lipinski definition) is 1. The monoisotopic (exact) mass is 383 g/mol. The van der Waals surface area contributed by atoms with Crippen LogP contribution in [0, 0.1) is 30.5 Å². The summed E-state index contributed by atoms with van der Waals surface area (Å²) < 4.78 is 60.3. The number of nitrogens with one attached hydrogen (secondary N) is 1. The van der Waals surface area contributed by atoms with Crippen molar-refractivity contribution in [3.8, 4) is 5.75 Å². The third-order valence-electron chi connectivity index (χ3n) is 4.43. The highest BCUT2D eigenvalue weighted by molar-refractivity contribution is 5.98. The number of aryl methyl sites for hydroxylation is 1. The molecule has 1 aliphatic heterocycles. The Labute approximate surface area is 153 Å². The lowest BCUT2D eigenvalue weighted by Gasteiger charge is -2.27. The van der Waals surface area contributed by atoms with Crippen LogP contribution in [0.15, 0.2) is 18.2 Å². The number of ether oxygens (including phenoxy) is 1. The van der Waals surface area contributed by atoms with Gasteiger partial charge in [-0.3, -0.25) is 4.79 Å². The van der Waals surface area contributed by atoms with Gasteiger partial charge in [-0.2, -0.15) is 22.5 Å². The fourth-order valence-corrected chi connectivity index (χ4v) is 3.17. The number of halogens is 4. The Kier molecular flexibility index (Phi) is 5.20. The van der Waals surface area contributed by atoms with Gasteiger partial charge in [0, 0.05) is 6.54 Å². The minimum Gasteiger partial charge on any atom is -0.495 e. The van der Waals surface area contributed by atoms with E-state index in [2.05, 4.69) is 10.3 Å². The molecule has 0 aliphatic carbocycles. The number of carbonyl (C=O) groups is 1. The summed E-state index contributed by atoms with van der Waals surface area (Å²) >= 11 is 0. The topological polar surface area (TPSA) is 54.5 Å². The van der Waals surface area contributed by atoms with Gasteiger partial charge in [0.15, 0.2) is 0 Å². The van der Waals surface area contributed by atoms with Gasteiger partial charge in [0.25, 0.3) is 11.9 Å². The second-order valence-electron chi connectivity index (χ2n) is 6.21. The van der Waals surface area contributed by atoms with Gasteiger partial charge in [0.05, 0.1) is 12.8 Å². The number of methoxy groups -OCH3 is 1. The van der Waals surface area contributed by atoms with Crippen molar-refractivity contribution in [2.24, 2.45) is 0 Å². The summed E-state index contributed by atoms with van der Waals surface area (Å²) in [6.07, 6.45) is 0.692. The maximum absolute atomic E-state index is 14.1. The Morgan fingerprint density at radius 1 is 1.22 bits per heavy atom. The first-order chi connectivity index (χ1) is 12.8. The van der Waals surface area contributed by atoms with E-state index in [9.17, 15) is 22.4 Å². The van der Waals surface area contributed by atoms with Crippen molar-refractivity contribution < 1.29 is 27.1 Å². The van der Waals surface area contributed by atoms with Crippen LogP contribution < -0.4 is 15.0 Å². The molecule has 1 atom stereocenters. The summed E-state index contributed by atoms with van der Waals surface area (Å²) in [5.41, 5.74) is 0.334. The highest BCUT2D eigenvalue weighted by Gasteiger charge is 2.36. The van der Waals surface area contributed by atoms with Gasteiger partial charge in [-0.05, 0) is 37.5 Å². The second kappa shape index (κ2) is 7.42. The molecule has 1 amide bonds. The molecule has 0 spiro atoms. The highest BCUT2D eigenvalue weighted by Crippen LogP contribution is 2.33. The SMILES string of the molecule is COc1ccc(C)cc1NC(=O)C1CCCN1c1c(F)c(F)nc(F)c1F. The Bertz CT molecular complexity index is 865. The predicted octanol–water partition coefficient (Wildman–Crippen LogP) is 3.56. The van der Waals surface area contributed by atoms with E-state index in [0.717, 1.165) is 10.5 Å². The average Bonchev–Trinajstić information content (AvgIpc) is 3.10. The number of nitrogens with zero attached hydrogens (tertiary/aromatic N) is 2. The molecular formula is C18H17F4N3O2. The Morgan fingerprint density at radius 3 is 2.52 bits per heavy atom. The molecule has 1 aromatic carbocycles. The summed E-state index contributed by atoms with van der Waals surface area (Å²) in [6, 6.07) is 4.15. The summed E-state index contributed by atoms with van der Waals surface area (Å²) in [6.45, 7) is 1.89. The van der Waals surface area contributed by atoms with Crippen molar-refractivity contribution in [1.82, 2.24) is 4.98 Å². The van der Waals surface area contributed by atoms with Gasteiger partial charge in [0.2, 0.25) is 17.5 Å². The van der Waals surface area contributed by atoms with Crippen LogP contribution in [0.2, 0.25) is 0 Å². The number of pyridine rings is 1. The number of hydrogen-bond acceptors (Lipinski definition) is 4. The Balaban J connectivity index is 1.92. The molecule has 9 heteroatoms. The van der Waals surface area contributed by atoms with Crippen molar-refractivity contribution in [3.05, 3.63) is 47.3 Å². The molecule has 5 nitrogen and oxygen atoms in total. The fourth-order valence-electron chi connectivity index (χ4n) is 3.17. The van der Waals surface area contributed by atoms with Gasteiger partial charge in [0.1, 0.15) is 17.5 Å². The maximum atomic E-state index is 14.1. The number of carbonyl (C=O) groups excluding carboxylic acids is 1. The van der Waals surface area contributed by atoms with Gasteiger partial charge < -0.3 is 15.0 Å². The lowest BCUT2D eigenvalue weighted by molar-refractivity contribution is -0.117. The van der Waals surface area contributed by atoms with E-state index in [1.165, 1.54) is 7.11 Å². The number of amides is 1. The minimum atomic E-state index is -1.75. The minimum absolute atomic E-state index is 0.0692. The van der Waals surface area contributed by atoms with Crippen LogP contribution in [0.25, 0.3) is 0 Å². The molecule has 1 N–H and O–H groups in total. The van der Waals surface area contributed by atoms with Crippen LogP contribution in [0.3, 0.4) is 0 Å². The summed E-state index contributed by atoms with van der Waals surface area (Å²) in [5, 5.41) is 2.66. The summed E-state index contributed by atoms with van der Waals surface area (Å²) in [4.78, 5) is 16.3. The fraction of sp³-hybridized carbons (Fsp3) is 0.333. The van der Waals surface area contributed by atoms with Crippen molar-refractivity contribution in [1.29, 1.82) is 0 Å². The van der Waals surface area contributed by atoms with Crippen molar-refractivity contribution in [3.63, 3.8) is 0 Å². The third-order valence-corrected chi connectivity index (χ3v) is 4.43. The Morgan fingerprint density at radius 2 is 1.89 bits per heavy atom. The van der Waals surface area contributed by atoms with E-state index in [1.807, 2.05) is 6.92 Å². The molecule has 1 saturated heterocycles. The quantitative estimate of drug-likeness (QED) is 0.648. The van der Waals surface area contributed by atoms with Crippen molar-refractivity contribution >= 4 is 17.3 Å². The molecule has 27 heavy (non-hydrogen) atoms. The highest BCUT2D eigenvalue weighted by atomic mass is 19.2. The first-order valence-corrected chi connectivity index (χ1v) is 8.25. The van der Waals surface area contributed by atoms with E-state index in [1.54, 1.807) is 18.2 Å². The zero-order valence-electron chi connectivity index (χ0n) is 14.7. The molecule has 0 saturated carbocycles. The summed E-state index contributed by atoms with van der Waals surface area (Å²) in [5.74, 6) is -6.90. The molecular weight excluding hydrogens is 366 g/mol. The van der Waals surface area contributed by atoms with Crippen LogP contribution in [0.4, 0.5) is 28.9 Å². The lowest BCUT2D eigenvalue weighted by atomic mass is 10.1. The zero-order valence-corrected chi connectivity index (χ0v) is 14.7.